The number of carbonyl (C=O) groups is 1. The molecule has 1 heterocycles. The average Bonchev–Trinajstić information content (AvgIpc) is 2.87. The molecule has 3 heteroatoms. The van der Waals surface area contributed by atoms with Crippen LogP contribution >= 0.6 is 0 Å². The number of hydrogen-bond donors (Lipinski definition) is 1. The zero-order chi connectivity index (χ0) is 12.3. The lowest BCUT2D eigenvalue weighted by Gasteiger charge is -2.16. The molecule has 17 heavy (non-hydrogen) atoms. The molecule has 0 amide bonds. The van der Waals surface area contributed by atoms with Crippen LogP contribution in [-0.2, 0) is 16.0 Å². The Morgan fingerprint density at radius 2 is 2.06 bits per heavy atom. The molecule has 0 bridgehead atoms. The van der Waals surface area contributed by atoms with E-state index >= 15 is 0 Å². The summed E-state index contributed by atoms with van der Waals surface area (Å²) in [5, 5.41) is 3.26. The number of esters is 1. The highest BCUT2D eigenvalue weighted by molar-refractivity contribution is 5.74. The minimum atomic E-state index is -0.112. The van der Waals surface area contributed by atoms with Crippen LogP contribution in [-0.4, -0.2) is 26.2 Å². The zero-order valence-corrected chi connectivity index (χ0v) is 10.4. The highest BCUT2D eigenvalue weighted by atomic mass is 16.5. The molecule has 0 saturated carbocycles. The fraction of sp³-hybridized carbons (Fsp3) is 0.500. The Bertz CT molecular complexity index is 386. The van der Waals surface area contributed by atoms with Gasteiger partial charge in [0.2, 0.25) is 0 Å². The van der Waals surface area contributed by atoms with Crippen molar-refractivity contribution in [2.24, 2.45) is 5.92 Å². The van der Waals surface area contributed by atoms with Crippen LogP contribution in [0.15, 0.2) is 24.3 Å². The normalized spacial score (nSPS) is 23.6. The summed E-state index contributed by atoms with van der Waals surface area (Å²) >= 11 is 0. The number of benzene rings is 1. The first-order valence-corrected chi connectivity index (χ1v) is 6.13. The van der Waals surface area contributed by atoms with E-state index in [4.69, 9.17) is 4.74 Å². The molecule has 0 aliphatic carbocycles. The molecular weight excluding hydrogens is 214 g/mol. The highest BCUT2D eigenvalue weighted by Crippen LogP contribution is 2.29. The molecule has 1 saturated heterocycles. The smallest absolute Gasteiger partial charge is 0.310 e. The number of hydrogen-bond acceptors (Lipinski definition) is 3. The van der Waals surface area contributed by atoms with E-state index in [0.717, 1.165) is 13.0 Å². The summed E-state index contributed by atoms with van der Waals surface area (Å²) in [6.07, 6.45) is 1.05. The van der Waals surface area contributed by atoms with Gasteiger partial charge >= 0.3 is 5.97 Å². The second kappa shape index (κ2) is 5.32. The molecule has 1 fully saturated rings. The molecule has 0 aromatic heterocycles. The third kappa shape index (κ3) is 2.50. The number of methoxy groups -OCH3 is 1. The monoisotopic (exact) mass is 233 g/mol. The van der Waals surface area contributed by atoms with Gasteiger partial charge in [0.1, 0.15) is 0 Å². The van der Waals surface area contributed by atoms with Crippen molar-refractivity contribution in [3.8, 4) is 0 Å². The molecule has 2 atom stereocenters. The first-order valence-electron chi connectivity index (χ1n) is 6.13. The van der Waals surface area contributed by atoms with Crippen molar-refractivity contribution >= 4 is 5.97 Å². The average molecular weight is 233 g/mol. The largest absolute Gasteiger partial charge is 0.469 e. The van der Waals surface area contributed by atoms with E-state index in [1.807, 2.05) is 0 Å². The third-order valence-corrected chi connectivity index (χ3v) is 3.53. The molecule has 3 nitrogen and oxygen atoms in total. The van der Waals surface area contributed by atoms with Gasteiger partial charge in [-0.15, -0.1) is 0 Å². The first-order chi connectivity index (χ1) is 8.26. The molecule has 1 aromatic rings. The van der Waals surface area contributed by atoms with E-state index in [9.17, 15) is 4.79 Å². The Morgan fingerprint density at radius 3 is 2.65 bits per heavy atom. The lowest BCUT2D eigenvalue weighted by Crippen LogP contribution is -2.22. The lowest BCUT2D eigenvalue weighted by molar-refractivity contribution is -0.145. The van der Waals surface area contributed by atoms with E-state index in [1.54, 1.807) is 0 Å². The van der Waals surface area contributed by atoms with Crippen LogP contribution in [0.1, 0.15) is 24.0 Å². The number of rotatable bonds is 3. The van der Waals surface area contributed by atoms with Gasteiger partial charge in [0.15, 0.2) is 0 Å². The lowest BCUT2D eigenvalue weighted by atomic mass is 9.88. The predicted octanol–water partition coefficient (Wildman–Crippen LogP) is 1.72. The van der Waals surface area contributed by atoms with E-state index in [-0.39, 0.29) is 17.8 Å². The van der Waals surface area contributed by atoms with Crippen LogP contribution in [0.4, 0.5) is 0 Å². The molecular formula is C14H19NO2. The quantitative estimate of drug-likeness (QED) is 0.808. The molecule has 1 aromatic carbocycles. The number of ether oxygens (including phenoxy) is 1. The highest BCUT2D eigenvalue weighted by Gasteiger charge is 2.34. The van der Waals surface area contributed by atoms with Gasteiger partial charge < -0.3 is 10.1 Å². The maximum absolute atomic E-state index is 11.7. The van der Waals surface area contributed by atoms with Gasteiger partial charge in [0.05, 0.1) is 13.0 Å². The van der Waals surface area contributed by atoms with Crippen molar-refractivity contribution in [1.29, 1.82) is 0 Å². The van der Waals surface area contributed by atoms with E-state index in [1.165, 1.54) is 18.2 Å². The summed E-state index contributed by atoms with van der Waals surface area (Å²) in [7, 11) is 1.46. The van der Waals surface area contributed by atoms with Crippen molar-refractivity contribution in [3.63, 3.8) is 0 Å². The summed E-state index contributed by atoms with van der Waals surface area (Å²) in [4.78, 5) is 11.7. The standard InChI is InChI=1S/C14H19NO2/c1-3-10-4-6-11(7-5-10)12-8-15-9-13(12)14(16)17-2/h4-7,12-13,15H,3,8-9H2,1-2H3/t12-,13-/m0/s1. The van der Waals surface area contributed by atoms with Crippen molar-refractivity contribution in [1.82, 2.24) is 5.32 Å². The number of aryl methyl sites for hydroxylation is 1. The molecule has 0 unspecified atom stereocenters. The van der Waals surface area contributed by atoms with E-state index < -0.39 is 0 Å². The molecule has 2 rings (SSSR count). The van der Waals surface area contributed by atoms with Gasteiger partial charge in [-0.2, -0.15) is 0 Å². The Labute approximate surface area is 102 Å². The van der Waals surface area contributed by atoms with Crippen LogP contribution in [0, 0.1) is 5.92 Å². The Balaban J connectivity index is 2.17. The van der Waals surface area contributed by atoms with Crippen LogP contribution in [0.5, 0.6) is 0 Å². The van der Waals surface area contributed by atoms with Gasteiger partial charge in [0.25, 0.3) is 0 Å². The molecule has 0 spiro atoms. The molecule has 92 valence electrons. The second-order valence-electron chi connectivity index (χ2n) is 4.49. The Morgan fingerprint density at radius 1 is 1.35 bits per heavy atom. The van der Waals surface area contributed by atoms with E-state index in [2.05, 4.69) is 36.5 Å². The fourth-order valence-corrected chi connectivity index (χ4v) is 2.43. The zero-order valence-electron chi connectivity index (χ0n) is 10.4. The van der Waals surface area contributed by atoms with Gasteiger partial charge in [-0.3, -0.25) is 4.79 Å². The van der Waals surface area contributed by atoms with E-state index in [0.29, 0.717) is 6.54 Å². The summed E-state index contributed by atoms with van der Waals surface area (Å²) < 4.78 is 4.85. The number of nitrogens with one attached hydrogen (secondary N) is 1. The van der Waals surface area contributed by atoms with Gasteiger partial charge in [-0.05, 0) is 17.5 Å². The molecule has 1 N–H and O–H groups in total. The van der Waals surface area contributed by atoms with Crippen LogP contribution < -0.4 is 5.32 Å². The molecule has 1 aliphatic heterocycles. The van der Waals surface area contributed by atoms with Crippen molar-refractivity contribution < 1.29 is 9.53 Å². The summed E-state index contributed by atoms with van der Waals surface area (Å²) in [5.41, 5.74) is 2.55. The molecule has 1 aliphatic rings. The molecule has 0 radical (unpaired) electrons. The van der Waals surface area contributed by atoms with Crippen LogP contribution in [0.25, 0.3) is 0 Å². The van der Waals surface area contributed by atoms with Gasteiger partial charge in [-0.25, -0.2) is 0 Å². The van der Waals surface area contributed by atoms with Gasteiger partial charge in [0, 0.05) is 19.0 Å². The summed E-state index contributed by atoms with van der Waals surface area (Å²) in [6, 6.07) is 8.54. The maximum Gasteiger partial charge on any atom is 0.310 e. The van der Waals surface area contributed by atoms with Crippen LogP contribution in [0.3, 0.4) is 0 Å². The minimum absolute atomic E-state index is 0.0486. The Hall–Kier alpha value is -1.35. The maximum atomic E-state index is 11.7. The Kier molecular flexibility index (Phi) is 3.79. The first kappa shape index (κ1) is 12.1. The topological polar surface area (TPSA) is 38.3 Å². The minimum Gasteiger partial charge on any atom is -0.469 e. The number of carbonyl (C=O) groups excluding carboxylic acids is 1. The van der Waals surface area contributed by atoms with Crippen molar-refractivity contribution in [2.45, 2.75) is 19.3 Å². The van der Waals surface area contributed by atoms with Crippen molar-refractivity contribution in [3.05, 3.63) is 35.4 Å². The fourth-order valence-electron chi connectivity index (χ4n) is 2.43. The van der Waals surface area contributed by atoms with Crippen molar-refractivity contribution in [2.75, 3.05) is 20.2 Å². The summed E-state index contributed by atoms with van der Waals surface area (Å²) in [6.45, 7) is 3.71. The van der Waals surface area contributed by atoms with Gasteiger partial charge in [-0.1, -0.05) is 31.2 Å². The second-order valence-corrected chi connectivity index (χ2v) is 4.49. The predicted molar refractivity (Wildman–Crippen MR) is 66.9 cm³/mol. The SMILES string of the molecule is CCc1ccc([C@@H]2CNC[C@@H]2C(=O)OC)cc1. The van der Waals surface area contributed by atoms with Crippen LogP contribution in [0.2, 0.25) is 0 Å². The summed E-state index contributed by atoms with van der Waals surface area (Å²) in [5.74, 6) is 0.0837. The third-order valence-electron chi connectivity index (χ3n) is 3.53.